The summed E-state index contributed by atoms with van der Waals surface area (Å²) >= 11 is 12.1. The van der Waals surface area contributed by atoms with Crippen LogP contribution < -0.4 is 0 Å². The minimum atomic E-state index is -4.64. The molecule has 0 aliphatic carbocycles. The molecule has 0 saturated heterocycles. The van der Waals surface area contributed by atoms with Gasteiger partial charge in [-0.3, -0.25) is 14.4 Å². The number of aliphatic carboxylic acids is 3. The van der Waals surface area contributed by atoms with Gasteiger partial charge in [0.1, 0.15) is 0 Å². The van der Waals surface area contributed by atoms with Crippen molar-refractivity contribution in [1.82, 2.24) is 0 Å². The zero-order valence-corrected chi connectivity index (χ0v) is 31.3. The van der Waals surface area contributed by atoms with E-state index in [9.17, 15) is 14.4 Å². The van der Waals surface area contributed by atoms with Gasteiger partial charge in [0.15, 0.2) is 0 Å². The molecule has 6 unspecified atom stereocenters. The number of carboxylic acids is 3. The summed E-state index contributed by atoms with van der Waals surface area (Å²) in [5.74, 6) is -0.800. The van der Waals surface area contributed by atoms with E-state index in [4.69, 9.17) is 34.6 Å². The Morgan fingerprint density at radius 2 is 0.705 bits per heavy atom. The molecule has 0 fully saturated rings. The molecule has 0 amide bonds. The summed E-state index contributed by atoms with van der Waals surface area (Å²) in [6.45, 7) is 12.8. The smallest absolute Gasteiger partial charge is 0.466 e. The van der Waals surface area contributed by atoms with Crippen LogP contribution in [0, 0.1) is 17.8 Å². The van der Waals surface area contributed by atoms with Gasteiger partial charge in [0, 0.05) is 0 Å². The second kappa shape index (κ2) is 32.5. The Hall–Kier alpha value is -0.430. The van der Waals surface area contributed by atoms with Crippen LogP contribution in [0.4, 0.5) is 0 Å². The van der Waals surface area contributed by atoms with E-state index in [1.807, 2.05) is 0 Å². The van der Waals surface area contributed by atoms with Crippen molar-refractivity contribution in [2.45, 2.75) is 154 Å². The highest BCUT2D eigenvalue weighted by molar-refractivity contribution is 7.82. The summed E-state index contributed by atoms with van der Waals surface area (Å²) in [5.41, 5.74) is 0. The minimum absolute atomic E-state index is 0.484. The summed E-state index contributed by atoms with van der Waals surface area (Å²) in [6, 6.07) is 0. The Morgan fingerprint density at radius 3 is 0.818 bits per heavy atom. The maximum atomic E-state index is 10.5. The first-order chi connectivity index (χ1) is 20.3. The van der Waals surface area contributed by atoms with Gasteiger partial charge in [0.05, 0.1) is 15.7 Å². The molecule has 0 saturated carbocycles. The molecule has 0 bridgehead atoms. The molecule has 6 atom stereocenters. The highest BCUT2D eigenvalue weighted by atomic mass is 32.1. The molecule has 0 rings (SSSR count). The molecule has 44 heavy (non-hydrogen) atoms. The third-order valence-electron chi connectivity index (χ3n) is 7.15. The molecular weight excluding hydrogens is 647 g/mol. The van der Waals surface area contributed by atoms with Crippen LogP contribution in [0.2, 0.25) is 0 Å². The largest absolute Gasteiger partial charge is 0.480 e. The third-order valence-corrected chi connectivity index (χ3v) is 8.45. The van der Waals surface area contributed by atoms with Crippen molar-refractivity contribution in [1.29, 1.82) is 0 Å². The Balaban J connectivity index is -0.000000253. The Labute approximate surface area is 283 Å². The van der Waals surface area contributed by atoms with Crippen molar-refractivity contribution in [3.63, 3.8) is 0 Å². The van der Waals surface area contributed by atoms with E-state index in [-0.39, 0.29) is 0 Å². The van der Waals surface area contributed by atoms with E-state index in [2.05, 4.69) is 79.4 Å². The predicted octanol–water partition coefficient (Wildman–Crippen LogP) is 8.00. The zero-order chi connectivity index (χ0) is 35.3. The normalized spacial score (nSPS) is 14.9. The summed E-state index contributed by atoms with van der Waals surface area (Å²) in [5, 5.41) is 24.6. The van der Waals surface area contributed by atoms with Gasteiger partial charge in [-0.25, -0.2) is 4.57 Å². The second-order valence-corrected chi connectivity index (χ2v) is 13.9. The quantitative estimate of drug-likeness (QED) is 0.0417. The fourth-order valence-electron chi connectivity index (χ4n) is 4.19. The van der Waals surface area contributed by atoms with E-state index < -0.39 is 41.5 Å². The van der Waals surface area contributed by atoms with Gasteiger partial charge < -0.3 is 30.0 Å². The fraction of sp³-hybridized carbons (Fsp3) is 0.900. The van der Waals surface area contributed by atoms with Crippen LogP contribution in [0.25, 0.3) is 0 Å². The van der Waals surface area contributed by atoms with E-state index in [1.165, 1.54) is 38.5 Å². The third kappa shape index (κ3) is 39.6. The van der Waals surface area contributed by atoms with Gasteiger partial charge in [0.2, 0.25) is 0 Å². The molecule has 14 heteroatoms. The van der Waals surface area contributed by atoms with Gasteiger partial charge in [0.25, 0.3) is 0 Å². The van der Waals surface area contributed by atoms with Crippen LogP contribution in [0.3, 0.4) is 0 Å². The molecule has 0 radical (unpaired) electrons. The van der Waals surface area contributed by atoms with Crippen molar-refractivity contribution < 1.29 is 48.9 Å². The summed E-state index contributed by atoms with van der Waals surface area (Å²) in [4.78, 5) is 53.2. The van der Waals surface area contributed by atoms with Gasteiger partial charge in [-0.1, -0.05) is 119 Å². The van der Waals surface area contributed by atoms with E-state index in [0.29, 0.717) is 37.0 Å². The lowest BCUT2D eigenvalue weighted by Crippen LogP contribution is -2.17. The molecule has 0 aliphatic rings. The lowest BCUT2D eigenvalue weighted by atomic mass is 9.94. The van der Waals surface area contributed by atoms with Crippen LogP contribution in [0.15, 0.2) is 0 Å². The summed E-state index contributed by atoms with van der Waals surface area (Å²) in [6.07, 6.45) is 15.8. The number of hydrogen-bond donors (Lipinski definition) is 9. The first-order valence-corrected chi connectivity index (χ1v) is 19.0. The van der Waals surface area contributed by atoms with Crippen molar-refractivity contribution in [2.24, 2.45) is 17.8 Å². The highest BCUT2D eigenvalue weighted by Gasteiger charge is 2.19. The van der Waals surface area contributed by atoms with Crippen molar-refractivity contribution in [3.05, 3.63) is 0 Å². The lowest BCUT2D eigenvalue weighted by molar-refractivity contribution is -0.137. The van der Waals surface area contributed by atoms with Crippen LogP contribution in [0.1, 0.15) is 138 Å². The van der Waals surface area contributed by atoms with Crippen LogP contribution in [-0.2, 0) is 18.9 Å². The number of unbranched alkanes of at least 4 members (excludes halogenated alkanes) is 3. The number of rotatable bonds is 21. The number of thiol groups is 3. The topological polar surface area (TPSA) is 190 Å². The van der Waals surface area contributed by atoms with Gasteiger partial charge >= 0.3 is 25.7 Å². The van der Waals surface area contributed by atoms with E-state index >= 15 is 0 Å². The number of carbonyl (C=O) groups is 3. The molecule has 0 aromatic heterocycles. The minimum Gasteiger partial charge on any atom is -0.480 e. The highest BCUT2D eigenvalue weighted by Crippen LogP contribution is 2.26. The number of carboxylic acid groups (broad SMARTS) is 3. The van der Waals surface area contributed by atoms with E-state index in [0.717, 1.165) is 38.5 Å². The van der Waals surface area contributed by atoms with Gasteiger partial charge in [-0.15, -0.1) is 0 Å². The molecular formula is C30H63O10PS3. The van der Waals surface area contributed by atoms with Gasteiger partial charge in [-0.2, -0.15) is 37.9 Å². The van der Waals surface area contributed by atoms with Crippen molar-refractivity contribution in [3.8, 4) is 0 Å². The average molecular weight is 711 g/mol. The molecule has 6 N–H and O–H groups in total. The maximum Gasteiger partial charge on any atom is 0.466 e. The molecule has 0 aliphatic heterocycles. The lowest BCUT2D eigenvalue weighted by Gasteiger charge is -2.15. The predicted molar refractivity (Wildman–Crippen MR) is 189 cm³/mol. The molecule has 0 heterocycles. The first-order valence-electron chi connectivity index (χ1n) is 15.8. The van der Waals surface area contributed by atoms with Crippen molar-refractivity contribution in [2.75, 3.05) is 0 Å². The number of hydrogen-bond acceptors (Lipinski definition) is 7. The number of phosphoric acid groups is 1. The monoisotopic (exact) mass is 710 g/mol. The van der Waals surface area contributed by atoms with Crippen molar-refractivity contribution >= 4 is 63.6 Å². The first kappa shape index (κ1) is 50.4. The average Bonchev–Trinajstić information content (AvgIpc) is 2.94. The fourth-order valence-corrected chi connectivity index (χ4v) is 5.09. The second-order valence-electron chi connectivity index (χ2n) is 11.0. The zero-order valence-electron chi connectivity index (χ0n) is 27.7. The van der Waals surface area contributed by atoms with Gasteiger partial charge in [-0.05, 0) is 37.0 Å². The Bertz CT molecular complexity index is 665. The SMILES string of the molecule is CCCCC(CC)CC(S)C(=O)O.CCCCC(CC)CC(S)C(=O)O.CCCCC(CC)CC(S)C(=O)O.O=P(O)(O)O. The molecule has 266 valence electrons. The Kier molecular flexibility index (Phi) is 37.3. The molecule has 0 aromatic rings. The molecule has 0 aromatic carbocycles. The van der Waals surface area contributed by atoms with Crippen LogP contribution in [-0.4, -0.2) is 63.7 Å². The molecule has 10 nitrogen and oxygen atoms in total. The summed E-state index contributed by atoms with van der Waals surface area (Å²) in [7, 11) is -4.64. The maximum absolute atomic E-state index is 10.5. The standard InChI is InChI=1S/3C10H20O2S.H3O4P/c3*1-3-5-6-8(4-2)7-9(13)10(11)12;1-5(2,3)4/h3*8-9,13H,3-7H2,1-2H3,(H,11,12);(H3,1,2,3,4). The van der Waals surface area contributed by atoms with Crippen LogP contribution >= 0.6 is 45.7 Å². The molecule has 0 spiro atoms. The van der Waals surface area contributed by atoms with E-state index in [1.54, 1.807) is 0 Å². The Morgan fingerprint density at radius 1 is 0.523 bits per heavy atom. The van der Waals surface area contributed by atoms with Crippen LogP contribution in [0.5, 0.6) is 0 Å². The summed E-state index contributed by atoms with van der Waals surface area (Å²) < 4.78 is 8.88.